The average molecular weight is 843 g/mol. The zero-order chi connectivity index (χ0) is 43.1. The Morgan fingerprint density at radius 3 is 2.42 bits per heavy atom. The van der Waals surface area contributed by atoms with E-state index < -0.39 is 79.8 Å². The molecular weight excluding hydrogens is 789 g/mol. The topological polar surface area (TPSA) is 207 Å². The third-order valence-electron chi connectivity index (χ3n) is 12.3. The quantitative estimate of drug-likeness (QED) is 0.201. The summed E-state index contributed by atoms with van der Waals surface area (Å²) >= 11 is 0. The number of amides is 5. The SMILES string of the molecule is C=CC1CC1(NC(=O)[C@@H]1C[C@@H](Oc2cc(-c3ccccc3)nc3cc(OC)ccc23)CN1C(=O)[C@@H](CC(=O)N1CCCC(C(N)=O)C1)C(C)(C)C)C(=O)NS(=O)(=O)C1CC1. The Morgan fingerprint density at radius 1 is 1.05 bits per heavy atom. The molecule has 0 radical (unpaired) electrons. The molecule has 0 bridgehead atoms. The maximum absolute atomic E-state index is 15.0. The molecule has 4 aliphatic rings. The van der Waals surface area contributed by atoms with Crippen molar-refractivity contribution in [2.24, 2.45) is 28.9 Å². The minimum Gasteiger partial charge on any atom is -0.497 e. The van der Waals surface area contributed by atoms with Gasteiger partial charge in [-0.1, -0.05) is 57.2 Å². The minimum absolute atomic E-state index is 0.0201. The van der Waals surface area contributed by atoms with Crippen LogP contribution >= 0.6 is 0 Å². The van der Waals surface area contributed by atoms with Gasteiger partial charge in [0.15, 0.2) is 0 Å². The molecule has 320 valence electrons. The Morgan fingerprint density at radius 2 is 1.78 bits per heavy atom. The number of primary amides is 1. The van der Waals surface area contributed by atoms with E-state index in [-0.39, 0.29) is 38.3 Å². The van der Waals surface area contributed by atoms with E-state index in [0.717, 1.165) is 5.56 Å². The zero-order valence-corrected chi connectivity index (χ0v) is 35.3. The normalized spacial score (nSPS) is 24.6. The van der Waals surface area contributed by atoms with Crippen molar-refractivity contribution in [2.75, 3.05) is 26.7 Å². The first-order valence-electron chi connectivity index (χ1n) is 20.5. The van der Waals surface area contributed by atoms with Crippen molar-refractivity contribution in [2.45, 2.75) is 88.7 Å². The molecule has 7 rings (SSSR count). The van der Waals surface area contributed by atoms with Gasteiger partial charge in [-0.3, -0.25) is 28.7 Å². The van der Waals surface area contributed by atoms with E-state index in [4.69, 9.17) is 20.2 Å². The molecule has 4 N–H and O–H groups in total. The lowest BCUT2D eigenvalue weighted by molar-refractivity contribution is -0.149. The van der Waals surface area contributed by atoms with Crippen LogP contribution in [0.3, 0.4) is 0 Å². The first-order valence-corrected chi connectivity index (χ1v) is 22.1. The van der Waals surface area contributed by atoms with Gasteiger partial charge >= 0.3 is 0 Å². The molecule has 5 amide bonds. The van der Waals surface area contributed by atoms with Gasteiger partial charge in [0, 0.05) is 54.9 Å². The number of aromatic nitrogens is 1. The van der Waals surface area contributed by atoms with Crippen LogP contribution < -0.4 is 25.2 Å². The average Bonchev–Trinajstić information content (AvgIpc) is 4.16. The van der Waals surface area contributed by atoms with Gasteiger partial charge in [0.1, 0.15) is 29.2 Å². The number of benzene rings is 2. The van der Waals surface area contributed by atoms with E-state index in [1.807, 2.05) is 63.2 Å². The number of nitrogens with one attached hydrogen (secondary N) is 2. The number of carbonyl (C=O) groups is 5. The fourth-order valence-electron chi connectivity index (χ4n) is 8.43. The maximum atomic E-state index is 15.0. The van der Waals surface area contributed by atoms with Crippen molar-refractivity contribution in [3.05, 3.63) is 67.3 Å². The second kappa shape index (κ2) is 16.5. The summed E-state index contributed by atoms with van der Waals surface area (Å²) in [4.78, 5) is 77.0. The Bertz CT molecular complexity index is 2310. The largest absolute Gasteiger partial charge is 0.497 e. The van der Waals surface area contributed by atoms with Gasteiger partial charge in [0.05, 0.1) is 42.0 Å². The number of rotatable bonds is 14. The number of nitrogens with two attached hydrogens (primary N) is 1. The lowest BCUT2D eigenvalue weighted by Gasteiger charge is -2.37. The highest BCUT2D eigenvalue weighted by Crippen LogP contribution is 2.46. The minimum atomic E-state index is -3.93. The van der Waals surface area contributed by atoms with Gasteiger partial charge in [-0.25, -0.2) is 13.4 Å². The lowest BCUT2D eigenvalue weighted by Crippen LogP contribution is -2.57. The Balaban J connectivity index is 1.21. The van der Waals surface area contributed by atoms with Crippen LogP contribution in [-0.4, -0.2) is 102 Å². The van der Waals surface area contributed by atoms with E-state index >= 15 is 0 Å². The van der Waals surface area contributed by atoms with E-state index in [1.165, 1.54) is 11.0 Å². The zero-order valence-electron chi connectivity index (χ0n) is 34.5. The summed E-state index contributed by atoms with van der Waals surface area (Å²) in [6, 6.07) is 15.6. The highest BCUT2D eigenvalue weighted by atomic mass is 32.2. The maximum Gasteiger partial charge on any atom is 0.259 e. The van der Waals surface area contributed by atoms with Crippen LogP contribution in [0.15, 0.2) is 67.3 Å². The van der Waals surface area contributed by atoms with Gasteiger partial charge in [-0.15, -0.1) is 6.58 Å². The number of sulfonamides is 1. The van der Waals surface area contributed by atoms with Crippen molar-refractivity contribution in [1.29, 1.82) is 0 Å². The van der Waals surface area contributed by atoms with E-state index in [9.17, 15) is 32.4 Å². The number of likely N-dealkylation sites (tertiary alicyclic amines) is 2. The molecule has 2 saturated heterocycles. The number of piperidine rings is 1. The molecular formula is C44H54N6O9S. The van der Waals surface area contributed by atoms with Crippen LogP contribution in [-0.2, 0) is 34.0 Å². The van der Waals surface area contributed by atoms with Crippen LogP contribution in [0.25, 0.3) is 22.2 Å². The fourth-order valence-corrected chi connectivity index (χ4v) is 9.80. The first-order chi connectivity index (χ1) is 28.4. The number of pyridine rings is 1. The molecule has 4 fully saturated rings. The number of hydrogen-bond acceptors (Lipinski definition) is 10. The molecule has 16 heteroatoms. The summed E-state index contributed by atoms with van der Waals surface area (Å²) in [5.74, 6) is -3.59. The number of nitrogens with zero attached hydrogens (tertiary/aromatic N) is 3. The number of methoxy groups -OCH3 is 1. The molecule has 1 aromatic heterocycles. The summed E-state index contributed by atoms with van der Waals surface area (Å²) < 4.78 is 40.1. The lowest BCUT2D eigenvalue weighted by atomic mass is 9.77. The van der Waals surface area contributed by atoms with E-state index in [2.05, 4.69) is 16.6 Å². The molecule has 0 spiro atoms. The molecule has 3 unspecified atom stereocenters. The molecule has 6 atom stereocenters. The third kappa shape index (κ3) is 8.84. The predicted octanol–water partition coefficient (Wildman–Crippen LogP) is 3.70. The fraction of sp³-hybridized carbons (Fsp3) is 0.500. The number of fused-ring (bicyclic) bond motifs is 1. The highest BCUT2D eigenvalue weighted by molar-refractivity contribution is 7.91. The van der Waals surface area contributed by atoms with Crippen LogP contribution in [0.1, 0.15) is 65.7 Å². The van der Waals surface area contributed by atoms with Crippen LogP contribution in [0.5, 0.6) is 11.5 Å². The van der Waals surface area contributed by atoms with E-state index in [0.29, 0.717) is 60.3 Å². The van der Waals surface area contributed by atoms with Gasteiger partial charge in [-0.05, 0) is 49.7 Å². The molecule has 60 heavy (non-hydrogen) atoms. The third-order valence-corrected chi connectivity index (χ3v) is 14.2. The summed E-state index contributed by atoms with van der Waals surface area (Å²) in [6.45, 7) is 9.93. The van der Waals surface area contributed by atoms with Crippen LogP contribution in [0, 0.1) is 23.2 Å². The summed E-state index contributed by atoms with van der Waals surface area (Å²) in [7, 11) is -2.36. The second-order valence-corrected chi connectivity index (χ2v) is 19.6. The van der Waals surface area contributed by atoms with Crippen molar-refractivity contribution in [1.82, 2.24) is 24.8 Å². The second-order valence-electron chi connectivity index (χ2n) is 17.6. The van der Waals surface area contributed by atoms with Gasteiger partial charge in [0.2, 0.25) is 33.7 Å². The highest BCUT2D eigenvalue weighted by Gasteiger charge is 2.62. The predicted molar refractivity (Wildman–Crippen MR) is 224 cm³/mol. The van der Waals surface area contributed by atoms with Crippen LogP contribution in [0.2, 0.25) is 0 Å². The molecule has 2 saturated carbocycles. The monoisotopic (exact) mass is 842 g/mol. The van der Waals surface area contributed by atoms with Gasteiger partial charge in [-0.2, -0.15) is 0 Å². The molecule has 2 aromatic carbocycles. The molecule has 2 aliphatic carbocycles. The Hall–Kier alpha value is -5.51. The Labute approximate surface area is 350 Å². The Kier molecular flexibility index (Phi) is 11.7. The van der Waals surface area contributed by atoms with Crippen molar-refractivity contribution in [3.63, 3.8) is 0 Å². The molecule has 2 aliphatic heterocycles. The van der Waals surface area contributed by atoms with Crippen molar-refractivity contribution < 1.29 is 41.9 Å². The van der Waals surface area contributed by atoms with Crippen molar-refractivity contribution in [3.8, 4) is 22.8 Å². The number of hydrogen-bond donors (Lipinski definition) is 3. The van der Waals surface area contributed by atoms with Crippen LogP contribution in [0.4, 0.5) is 0 Å². The first kappa shape index (κ1) is 42.6. The van der Waals surface area contributed by atoms with E-state index in [1.54, 1.807) is 24.1 Å². The number of ether oxygens (including phenoxy) is 2. The van der Waals surface area contributed by atoms with Gasteiger partial charge < -0.3 is 30.3 Å². The summed E-state index contributed by atoms with van der Waals surface area (Å²) in [5, 5.41) is 2.86. The molecule has 3 heterocycles. The smallest absolute Gasteiger partial charge is 0.259 e. The summed E-state index contributed by atoms with van der Waals surface area (Å²) in [6.07, 6.45) is 2.83. The standard InChI is InChI=1S/C44H54N6O9S/c1-6-28-23-44(28,42(55)48-60(56,57)31-15-16-31)47-40(53)36-20-30(59-37-22-34(26-11-8-7-9-12-26)46-35-19-29(58-5)14-17-32(35)37)25-50(36)41(54)33(43(2,3)4)21-38(51)49-18-10-13-27(24-49)39(45)52/h6-9,11-12,14,17,19,22,27-28,30-31,33,36H,1,10,13,15-16,18,20-21,23-25H2,2-5H3,(H2,45,52)(H,47,53)(H,48,55)/t27?,28?,30-,33-,36+,44?/m1/s1. The number of carbonyl (C=O) groups excluding carboxylic acids is 5. The molecule has 15 nitrogen and oxygen atoms in total. The van der Waals surface area contributed by atoms with Gasteiger partial charge in [0.25, 0.3) is 5.91 Å². The molecule has 3 aromatic rings. The van der Waals surface area contributed by atoms with Crippen molar-refractivity contribution >= 4 is 50.5 Å². The summed E-state index contributed by atoms with van der Waals surface area (Å²) in [5.41, 5.74) is 5.35.